The van der Waals surface area contributed by atoms with Crippen LogP contribution in [0.4, 0.5) is 5.69 Å². The van der Waals surface area contributed by atoms with Gasteiger partial charge in [0, 0.05) is 24.4 Å². The van der Waals surface area contributed by atoms with Gasteiger partial charge in [0.2, 0.25) is 0 Å². The average Bonchev–Trinajstić information content (AvgIpc) is 2.84. The van der Waals surface area contributed by atoms with E-state index in [-0.39, 0.29) is 10.8 Å². The summed E-state index contributed by atoms with van der Waals surface area (Å²) in [4.78, 5) is 2.62. The number of nitrogens with zero attached hydrogens (tertiary/aromatic N) is 2. The first-order valence-corrected chi connectivity index (χ1v) is 14.4. The minimum atomic E-state index is 0.178. The molecule has 0 spiro atoms. The molecule has 0 radical (unpaired) electrons. The molecule has 2 aromatic rings. The Balaban J connectivity index is 1.72. The van der Waals surface area contributed by atoms with Gasteiger partial charge in [-0.25, -0.2) is 0 Å². The van der Waals surface area contributed by atoms with Crippen LogP contribution in [0.5, 0.6) is 0 Å². The Kier molecular flexibility index (Phi) is 7.86. The minimum Gasteiger partial charge on any atom is -0.371 e. The quantitative estimate of drug-likeness (QED) is 0.291. The molecule has 39 heavy (non-hydrogen) atoms. The van der Waals surface area contributed by atoms with Crippen molar-refractivity contribution in [3.8, 4) is 6.07 Å². The van der Waals surface area contributed by atoms with Crippen molar-refractivity contribution in [2.75, 3.05) is 18.0 Å². The van der Waals surface area contributed by atoms with Gasteiger partial charge in [-0.05, 0) is 122 Å². The number of allylic oxidation sites excluding steroid dienone is 7. The standard InChI is InChI=1S/C37H46N2/c1-24(19-31(29(6)23-38)20-28(5)34-26(3)17-25(2)18-27(34)4)11-12-30-21-32-35-33(22-30)37(9,10)14-16-39(35)15-13-36(32,7)8/h11-12,17-22H,13-16H2,1-10H3/b12-11+,24-19+,28-20+,31-29+. The van der Waals surface area contributed by atoms with E-state index >= 15 is 0 Å². The highest BCUT2D eigenvalue weighted by molar-refractivity contribution is 5.74. The lowest BCUT2D eigenvalue weighted by Gasteiger charge is -2.48. The summed E-state index contributed by atoms with van der Waals surface area (Å²) in [5, 5.41) is 9.76. The molecule has 0 atom stereocenters. The molecule has 4 rings (SSSR count). The van der Waals surface area contributed by atoms with E-state index in [1.807, 2.05) is 6.92 Å². The lowest BCUT2D eigenvalue weighted by molar-refractivity contribution is 0.401. The lowest BCUT2D eigenvalue weighted by Crippen LogP contribution is -2.44. The second-order valence-corrected chi connectivity index (χ2v) is 13.2. The Morgan fingerprint density at radius 2 is 1.38 bits per heavy atom. The summed E-state index contributed by atoms with van der Waals surface area (Å²) in [7, 11) is 0. The van der Waals surface area contributed by atoms with Crippen molar-refractivity contribution in [2.24, 2.45) is 0 Å². The van der Waals surface area contributed by atoms with Crippen LogP contribution < -0.4 is 4.90 Å². The van der Waals surface area contributed by atoms with Gasteiger partial charge in [0.15, 0.2) is 0 Å². The molecule has 2 heterocycles. The Morgan fingerprint density at radius 3 is 1.90 bits per heavy atom. The number of anilines is 1. The highest BCUT2D eigenvalue weighted by atomic mass is 15.2. The Bertz CT molecular complexity index is 1400. The summed E-state index contributed by atoms with van der Waals surface area (Å²) in [6, 6.07) is 11.7. The topological polar surface area (TPSA) is 27.0 Å². The summed E-state index contributed by atoms with van der Waals surface area (Å²) in [5.41, 5.74) is 15.2. The maximum absolute atomic E-state index is 9.76. The molecule has 2 nitrogen and oxygen atoms in total. The molecule has 0 aromatic heterocycles. The van der Waals surface area contributed by atoms with Crippen molar-refractivity contribution in [3.05, 3.63) is 98.2 Å². The highest BCUT2D eigenvalue weighted by Gasteiger charge is 2.39. The van der Waals surface area contributed by atoms with Gasteiger partial charge in [-0.3, -0.25) is 0 Å². The van der Waals surface area contributed by atoms with Crippen molar-refractivity contribution in [2.45, 2.75) is 92.9 Å². The second-order valence-electron chi connectivity index (χ2n) is 13.2. The van der Waals surface area contributed by atoms with Crippen molar-refractivity contribution >= 4 is 17.3 Å². The molecule has 204 valence electrons. The first kappa shape index (κ1) is 28.7. The first-order chi connectivity index (χ1) is 18.2. The lowest BCUT2D eigenvalue weighted by atomic mass is 9.69. The Labute approximate surface area is 237 Å². The molecule has 0 N–H and O–H groups in total. The largest absolute Gasteiger partial charge is 0.371 e. The fraction of sp³-hybridized carbons (Fsp3) is 0.432. The van der Waals surface area contributed by atoms with Crippen molar-refractivity contribution in [1.82, 2.24) is 0 Å². The van der Waals surface area contributed by atoms with Crippen LogP contribution in [0.1, 0.15) is 100 Å². The molecule has 0 saturated carbocycles. The molecule has 0 aliphatic carbocycles. The van der Waals surface area contributed by atoms with Crippen molar-refractivity contribution in [3.63, 3.8) is 0 Å². The normalized spacial score (nSPS) is 19.1. The highest BCUT2D eigenvalue weighted by Crippen LogP contribution is 2.49. The number of aryl methyl sites for hydroxylation is 3. The summed E-state index contributed by atoms with van der Waals surface area (Å²) >= 11 is 0. The van der Waals surface area contributed by atoms with Crippen LogP contribution in [0.15, 0.2) is 59.2 Å². The van der Waals surface area contributed by atoms with Gasteiger partial charge in [-0.1, -0.05) is 75.3 Å². The van der Waals surface area contributed by atoms with E-state index in [9.17, 15) is 5.26 Å². The van der Waals surface area contributed by atoms with Crippen molar-refractivity contribution in [1.29, 1.82) is 5.26 Å². The molecular weight excluding hydrogens is 472 g/mol. The zero-order valence-corrected chi connectivity index (χ0v) is 25.8. The van der Waals surface area contributed by atoms with Gasteiger partial charge in [0.25, 0.3) is 0 Å². The molecule has 0 amide bonds. The van der Waals surface area contributed by atoms with E-state index in [4.69, 9.17) is 0 Å². The smallest absolute Gasteiger partial charge is 0.0950 e. The van der Waals surface area contributed by atoms with Gasteiger partial charge in [-0.15, -0.1) is 0 Å². The molecule has 2 heteroatoms. The van der Waals surface area contributed by atoms with Crippen LogP contribution in [0.3, 0.4) is 0 Å². The number of nitriles is 1. The Hall–Kier alpha value is -3.31. The van der Waals surface area contributed by atoms with Gasteiger partial charge in [0.1, 0.15) is 0 Å². The van der Waals surface area contributed by atoms with E-state index in [1.165, 1.54) is 63.0 Å². The zero-order chi connectivity index (χ0) is 28.7. The van der Waals surface area contributed by atoms with Gasteiger partial charge in [-0.2, -0.15) is 5.26 Å². The summed E-state index contributed by atoms with van der Waals surface area (Å²) in [6.07, 6.45) is 11.2. The van der Waals surface area contributed by atoms with Crippen LogP contribution in [0, 0.1) is 32.1 Å². The fourth-order valence-corrected chi connectivity index (χ4v) is 6.51. The molecule has 0 fully saturated rings. The molecule has 0 saturated heterocycles. The molecule has 0 bridgehead atoms. The maximum atomic E-state index is 9.76. The third kappa shape index (κ3) is 5.84. The Morgan fingerprint density at radius 1 is 0.846 bits per heavy atom. The monoisotopic (exact) mass is 518 g/mol. The van der Waals surface area contributed by atoms with Gasteiger partial charge >= 0.3 is 0 Å². The van der Waals surface area contributed by atoms with E-state index < -0.39 is 0 Å². The average molecular weight is 519 g/mol. The fourth-order valence-electron chi connectivity index (χ4n) is 6.51. The molecular formula is C37H46N2. The summed E-state index contributed by atoms with van der Waals surface area (Å²) < 4.78 is 0. The predicted octanol–water partition coefficient (Wildman–Crippen LogP) is 9.68. The first-order valence-electron chi connectivity index (χ1n) is 14.4. The van der Waals surface area contributed by atoms with E-state index in [1.54, 1.807) is 0 Å². The third-order valence-electron chi connectivity index (χ3n) is 8.89. The van der Waals surface area contributed by atoms with E-state index in [0.717, 1.165) is 29.8 Å². The maximum Gasteiger partial charge on any atom is 0.0950 e. The van der Waals surface area contributed by atoms with Crippen LogP contribution in [-0.2, 0) is 10.8 Å². The molecule has 2 aliphatic heterocycles. The number of benzene rings is 2. The SMILES string of the molecule is CC(/C=C/c1cc2c3c(c1)C(C)(C)CCN3CCC2(C)C)=C\C(\C=C(/C)c1c(C)cc(C)cc1C)=C(\C)C#N. The number of rotatable bonds is 5. The van der Waals surface area contributed by atoms with Gasteiger partial charge < -0.3 is 4.90 Å². The van der Waals surface area contributed by atoms with Crippen LogP contribution in [-0.4, -0.2) is 13.1 Å². The molecule has 2 aliphatic rings. The number of hydrogen-bond donors (Lipinski definition) is 0. The molecule has 0 unspecified atom stereocenters. The van der Waals surface area contributed by atoms with Gasteiger partial charge in [0.05, 0.1) is 6.07 Å². The number of hydrogen-bond acceptors (Lipinski definition) is 2. The summed E-state index contributed by atoms with van der Waals surface area (Å²) in [5.74, 6) is 0. The predicted molar refractivity (Wildman–Crippen MR) is 169 cm³/mol. The molecule has 2 aromatic carbocycles. The third-order valence-corrected chi connectivity index (χ3v) is 8.89. The van der Waals surface area contributed by atoms with Crippen LogP contribution >= 0.6 is 0 Å². The minimum absolute atomic E-state index is 0.178. The zero-order valence-electron chi connectivity index (χ0n) is 25.8. The summed E-state index contributed by atoms with van der Waals surface area (Å²) in [6.45, 7) is 24.6. The second kappa shape index (κ2) is 10.7. The van der Waals surface area contributed by atoms with Crippen LogP contribution in [0.25, 0.3) is 11.6 Å². The van der Waals surface area contributed by atoms with E-state index in [2.05, 4.69) is 122 Å². The van der Waals surface area contributed by atoms with Crippen molar-refractivity contribution < 1.29 is 0 Å². The van der Waals surface area contributed by atoms with Crippen LogP contribution in [0.2, 0.25) is 0 Å². The van der Waals surface area contributed by atoms with E-state index in [0.29, 0.717) is 0 Å².